The maximum atomic E-state index is 13.5. The van der Waals surface area contributed by atoms with Crippen molar-refractivity contribution in [2.24, 2.45) is 0 Å². The Labute approximate surface area is 113 Å². The van der Waals surface area contributed by atoms with Crippen LogP contribution in [-0.4, -0.2) is 46.7 Å². The van der Waals surface area contributed by atoms with Crippen LogP contribution >= 0.6 is 0 Å². The molecule has 0 unspecified atom stereocenters. The molecule has 1 aromatic carbocycles. The summed E-state index contributed by atoms with van der Waals surface area (Å²) >= 11 is 0. The molecule has 1 rings (SSSR count). The average Bonchev–Trinajstić information content (AvgIpc) is 2.39. The monoisotopic (exact) mass is 271 g/mol. The highest BCUT2D eigenvalue weighted by molar-refractivity contribution is 5.45. The first-order valence-corrected chi connectivity index (χ1v) is 6.38. The minimum atomic E-state index is -0.233. The summed E-state index contributed by atoms with van der Waals surface area (Å²) < 4.78 is 28.9. The Bertz CT molecular complexity index is 361. The smallest absolute Gasteiger partial charge is 0.146 e. The Morgan fingerprint density at radius 2 is 1.74 bits per heavy atom. The summed E-state index contributed by atoms with van der Waals surface area (Å²) in [6.45, 7) is 5.18. The van der Waals surface area contributed by atoms with Gasteiger partial charge in [0.25, 0.3) is 0 Å². The van der Waals surface area contributed by atoms with E-state index in [-0.39, 0.29) is 5.82 Å². The number of methoxy groups -OCH3 is 1. The van der Waals surface area contributed by atoms with Crippen molar-refractivity contribution >= 4 is 5.69 Å². The molecule has 0 aliphatic carbocycles. The highest BCUT2D eigenvalue weighted by Gasteiger charge is 2.00. The Kier molecular flexibility index (Phi) is 8.13. The molecule has 1 N–H and O–H groups in total. The van der Waals surface area contributed by atoms with Gasteiger partial charge in [0.05, 0.1) is 38.7 Å². The van der Waals surface area contributed by atoms with Crippen LogP contribution in [0, 0.1) is 12.7 Å². The Hall–Kier alpha value is -1.17. The van der Waals surface area contributed by atoms with Gasteiger partial charge in [-0.2, -0.15) is 0 Å². The molecule has 0 radical (unpaired) electrons. The summed E-state index contributed by atoms with van der Waals surface area (Å²) in [4.78, 5) is 0. The van der Waals surface area contributed by atoms with Crippen LogP contribution in [-0.2, 0) is 14.2 Å². The van der Waals surface area contributed by atoms with Crippen molar-refractivity contribution in [1.82, 2.24) is 0 Å². The van der Waals surface area contributed by atoms with E-state index in [9.17, 15) is 4.39 Å². The number of aryl methyl sites for hydroxylation is 1. The Balaban J connectivity index is 2.01. The molecule has 0 fully saturated rings. The van der Waals surface area contributed by atoms with Crippen molar-refractivity contribution in [3.63, 3.8) is 0 Å². The first kappa shape index (κ1) is 15.9. The van der Waals surface area contributed by atoms with E-state index in [1.165, 1.54) is 6.07 Å². The van der Waals surface area contributed by atoms with E-state index in [0.29, 0.717) is 45.3 Å². The van der Waals surface area contributed by atoms with E-state index >= 15 is 0 Å². The SMILES string of the molecule is COCCOCCOCCNc1ccc(C)cc1F. The topological polar surface area (TPSA) is 39.7 Å². The maximum Gasteiger partial charge on any atom is 0.146 e. The molecule has 0 aliphatic rings. The van der Waals surface area contributed by atoms with Gasteiger partial charge in [0.1, 0.15) is 5.82 Å². The summed E-state index contributed by atoms with van der Waals surface area (Å²) in [6, 6.07) is 5.11. The Morgan fingerprint density at radius 1 is 1.05 bits per heavy atom. The van der Waals surface area contributed by atoms with Crippen LogP contribution in [0.15, 0.2) is 18.2 Å². The first-order valence-electron chi connectivity index (χ1n) is 6.38. The third kappa shape index (κ3) is 7.10. The van der Waals surface area contributed by atoms with Crippen molar-refractivity contribution < 1.29 is 18.6 Å². The third-order valence-corrected chi connectivity index (χ3v) is 2.49. The second-order valence-electron chi connectivity index (χ2n) is 4.13. The van der Waals surface area contributed by atoms with Crippen molar-refractivity contribution in [1.29, 1.82) is 0 Å². The van der Waals surface area contributed by atoms with Gasteiger partial charge in [-0.3, -0.25) is 0 Å². The minimum Gasteiger partial charge on any atom is -0.382 e. The van der Waals surface area contributed by atoms with Gasteiger partial charge in [0.15, 0.2) is 0 Å². The molecule has 19 heavy (non-hydrogen) atoms. The molecule has 0 amide bonds. The summed E-state index contributed by atoms with van der Waals surface area (Å²) in [6.07, 6.45) is 0. The van der Waals surface area contributed by atoms with Crippen molar-refractivity contribution in [2.75, 3.05) is 52.0 Å². The lowest BCUT2D eigenvalue weighted by molar-refractivity contribution is 0.0272. The summed E-state index contributed by atoms with van der Waals surface area (Å²) in [5, 5.41) is 2.99. The number of benzene rings is 1. The lowest BCUT2D eigenvalue weighted by atomic mass is 10.2. The summed E-state index contributed by atoms with van der Waals surface area (Å²) in [5.74, 6) is -0.233. The van der Waals surface area contributed by atoms with Gasteiger partial charge in [-0.05, 0) is 24.6 Å². The van der Waals surface area contributed by atoms with E-state index in [1.54, 1.807) is 13.2 Å². The molecule has 0 aliphatic heterocycles. The fourth-order valence-electron chi connectivity index (χ4n) is 1.49. The molecule has 0 aromatic heterocycles. The van der Waals surface area contributed by atoms with Gasteiger partial charge in [-0.25, -0.2) is 4.39 Å². The number of ether oxygens (including phenoxy) is 3. The van der Waals surface area contributed by atoms with Crippen LogP contribution in [0.2, 0.25) is 0 Å². The number of nitrogens with one attached hydrogen (secondary N) is 1. The van der Waals surface area contributed by atoms with Crippen LogP contribution in [0.3, 0.4) is 0 Å². The quantitative estimate of drug-likeness (QED) is 0.662. The largest absolute Gasteiger partial charge is 0.382 e. The predicted molar refractivity (Wildman–Crippen MR) is 73.1 cm³/mol. The fourth-order valence-corrected chi connectivity index (χ4v) is 1.49. The molecule has 0 atom stereocenters. The second-order valence-corrected chi connectivity index (χ2v) is 4.13. The number of rotatable bonds is 10. The van der Waals surface area contributed by atoms with Crippen LogP contribution in [0.5, 0.6) is 0 Å². The van der Waals surface area contributed by atoms with Gasteiger partial charge in [-0.1, -0.05) is 6.07 Å². The van der Waals surface area contributed by atoms with E-state index in [4.69, 9.17) is 14.2 Å². The van der Waals surface area contributed by atoms with Crippen molar-refractivity contribution in [3.8, 4) is 0 Å². The zero-order valence-electron chi connectivity index (χ0n) is 11.6. The molecular formula is C14H22FNO3. The van der Waals surface area contributed by atoms with Gasteiger partial charge in [0.2, 0.25) is 0 Å². The zero-order chi connectivity index (χ0) is 13.9. The summed E-state index contributed by atoms with van der Waals surface area (Å²) in [7, 11) is 1.63. The molecule has 0 spiro atoms. The van der Waals surface area contributed by atoms with Crippen LogP contribution < -0.4 is 5.32 Å². The van der Waals surface area contributed by atoms with E-state index in [2.05, 4.69) is 5.32 Å². The van der Waals surface area contributed by atoms with Gasteiger partial charge >= 0.3 is 0 Å². The van der Waals surface area contributed by atoms with Gasteiger partial charge in [-0.15, -0.1) is 0 Å². The highest BCUT2D eigenvalue weighted by Crippen LogP contribution is 2.14. The van der Waals surface area contributed by atoms with Crippen molar-refractivity contribution in [3.05, 3.63) is 29.6 Å². The number of hydrogen-bond acceptors (Lipinski definition) is 4. The Morgan fingerprint density at radius 3 is 2.42 bits per heavy atom. The van der Waals surface area contributed by atoms with E-state index < -0.39 is 0 Å². The number of halogens is 1. The summed E-state index contributed by atoms with van der Waals surface area (Å²) in [5.41, 5.74) is 1.41. The van der Waals surface area contributed by atoms with Crippen molar-refractivity contribution in [2.45, 2.75) is 6.92 Å². The number of anilines is 1. The van der Waals surface area contributed by atoms with Crippen LogP contribution in [0.1, 0.15) is 5.56 Å². The highest BCUT2D eigenvalue weighted by atomic mass is 19.1. The van der Waals surface area contributed by atoms with Gasteiger partial charge < -0.3 is 19.5 Å². The lowest BCUT2D eigenvalue weighted by Crippen LogP contribution is -2.14. The van der Waals surface area contributed by atoms with Crippen LogP contribution in [0.4, 0.5) is 10.1 Å². The third-order valence-electron chi connectivity index (χ3n) is 2.49. The minimum absolute atomic E-state index is 0.233. The molecular weight excluding hydrogens is 249 g/mol. The van der Waals surface area contributed by atoms with Gasteiger partial charge in [0, 0.05) is 13.7 Å². The molecule has 4 nitrogen and oxygen atoms in total. The molecule has 5 heteroatoms. The normalized spacial score (nSPS) is 10.7. The lowest BCUT2D eigenvalue weighted by Gasteiger charge is -2.09. The molecule has 108 valence electrons. The molecule has 1 aromatic rings. The second kappa shape index (κ2) is 9.72. The zero-order valence-corrected chi connectivity index (χ0v) is 11.6. The van der Waals surface area contributed by atoms with E-state index in [1.807, 2.05) is 13.0 Å². The fraction of sp³-hybridized carbons (Fsp3) is 0.571. The standard InChI is InChI=1S/C14H22FNO3/c1-12-3-4-14(13(15)11-12)16-5-6-18-9-10-19-8-7-17-2/h3-4,11,16H,5-10H2,1-2H3. The first-order chi connectivity index (χ1) is 9.24. The molecule has 0 saturated heterocycles. The molecule has 0 heterocycles. The van der Waals surface area contributed by atoms with E-state index in [0.717, 1.165) is 5.56 Å². The molecule has 0 bridgehead atoms. The molecule has 0 saturated carbocycles. The average molecular weight is 271 g/mol. The maximum absolute atomic E-state index is 13.5. The predicted octanol–water partition coefficient (Wildman–Crippen LogP) is 2.23. The number of hydrogen-bond donors (Lipinski definition) is 1. The van der Waals surface area contributed by atoms with Crippen LogP contribution in [0.25, 0.3) is 0 Å².